The molecule has 2 rings (SSSR count). The Hall–Kier alpha value is -2.61. The van der Waals surface area contributed by atoms with Crippen LogP contribution < -0.4 is 10.2 Å². The summed E-state index contributed by atoms with van der Waals surface area (Å²) in [6.45, 7) is 0.570. The van der Waals surface area contributed by atoms with Crippen molar-refractivity contribution in [1.29, 1.82) is 0 Å². The summed E-state index contributed by atoms with van der Waals surface area (Å²) in [6.07, 6.45) is -4.73. The molecule has 0 radical (unpaired) electrons. The smallest absolute Gasteiger partial charge is 0.324 e. The summed E-state index contributed by atoms with van der Waals surface area (Å²) in [7, 11) is 0. The Kier molecular flexibility index (Phi) is 5.86. The lowest BCUT2D eigenvalue weighted by molar-refractivity contribution is -0.137. The fourth-order valence-electron chi connectivity index (χ4n) is 2.22. The summed E-state index contributed by atoms with van der Waals surface area (Å²) < 4.78 is 52.5. The third kappa shape index (κ3) is 4.95. The van der Waals surface area contributed by atoms with Gasteiger partial charge in [0.1, 0.15) is 12.4 Å². The Balaban J connectivity index is 2.23. The number of halogens is 5. The molecule has 26 heavy (non-hydrogen) atoms. The predicted molar refractivity (Wildman–Crippen MR) is 89.5 cm³/mol. The van der Waals surface area contributed by atoms with Crippen molar-refractivity contribution in [1.82, 2.24) is 0 Å². The van der Waals surface area contributed by atoms with Crippen molar-refractivity contribution >= 4 is 34.8 Å². The third-order valence-electron chi connectivity index (χ3n) is 3.36. The highest BCUT2D eigenvalue weighted by molar-refractivity contribution is 6.30. The zero-order valence-electron chi connectivity index (χ0n) is 13.4. The van der Waals surface area contributed by atoms with Crippen LogP contribution in [0.4, 0.5) is 28.9 Å². The predicted octanol–water partition coefficient (Wildman–Crippen LogP) is 4.49. The Labute approximate surface area is 151 Å². The number of anilines is 2. The summed E-state index contributed by atoms with van der Waals surface area (Å²) in [4.78, 5) is 24.8. The maximum Gasteiger partial charge on any atom is 0.418 e. The van der Waals surface area contributed by atoms with Gasteiger partial charge >= 0.3 is 6.18 Å². The van der Waals surface area contributed by atoms with Gasteiger partial charge in [0.15, 0.2) is 0 Å². The van der Waals surface area contributed by atoms with Crippen LogP contribution >= 0.6 is 11.6 Å². The lowest BCUT2D eigenvalue weighted by atomic mass is 10.1. The molecule has 138 valence electrons. The van der Waals surface area contributed by atoms with E-state index in [2.05, 4.69) is 5.32 Å². The van der Waals surface area contributed by atoms with E-state index in [9.17, 15) is 27.2 Å². The molecular formula is C17H13ClF4N2O2. The van der Waals surface area contributed by atoms with Crippen LogP contribution in [0, 0.1) is 5.82 Å². The normalized spacial score (nSPS) is 11.2. The van der Waals surface area contributed by atoms with E-state index in [1.807, 2.05) is 0 Å². The number of carbonyl (C=O) groups is 2. The van der Waals surface area contributed by atoms with Crippen molar-refractivity contribution in [3.63, 3.8) is 0 Å². The zero-order chi connectivity index (χ0) is 19.5. The second-order valence-corrected chi connectivity index (χ2v) is 5.76. The van der Waals surface area contributed by atoms with Crippen LogP contribution in [-0.2, 0) is 15.8 Å². The first kappa shape index (κ1) is 19.7. The molecule has 2 aromatic carbocycles. The van der Waals surface area contributed by atoms with Crippen LogP contribution in [0.1, 0.15) is 12.5 Å². The molecule has 0 atom stereocenters. The van der Waals surface area contributed by atoms with Gasteiger partial charge in [-0.1, -0.05) is 17.7 Å². The van der Waals surface area contributed by atoms with Crippen molar-refractivity contribution in [3.8, 4) is 0 Å². The van der Waals surface area contributed by atoms with Gasteiger partial charge in [0.05, 0.1) is 11.3 Å². The topological polar surface area (TPSA) is 49.4 Å². The third-order valence-corrected chi connectivity index (χ3v) is 3.60. The summed E-state index contributed by atoms with van der Waals surface area (Å²) in [5.41, 5.74) is -1.49. The standard InChI is InChI=1S/C17H13ClF4N2O2/c1-10(25)24(13-4-2-3-12(19)8-13)9-16(26)23-15-6-5-11(18)7-14(15)17(20,21)22/h2-8H,9H2,1H3,(H,23,26). The van der Waals surface area contributed by atoms with E-state index in [0.717, 1.165) is 30.0 Å². The monoisotopic (exact) mass is 388 g/mol. The number of nitrogens with one attached hydrogen (secondary N) is 1. The van der Waals surface area contributed by atoms with Crippen molar-refractivity contribution in [3.05, 3.63) is 58.9 Å². The molecule has 0 aromatic heterocycles. The number of hydrogen-bond acceptors (Lipinski definition) is 2. The second-order valence-electron chi connectivity index (χ2n) is 5.32. The van der Waals surface area contributed by atoms with Crippen LogP contribution in [-0.4, -0.2) is 18.4 Å². The molecule has 0 bridgehead atoms. The Morgan fingerprint density at radius 2 is 1.85 bits per heavy atom. The first-order valence-electron chi connectivity index (χ1n) is 7.28. The van der Waals surface area contributed by atoms with Crippen LogP contribution in [0.3, 0.4) is 0 Å². The maximum absolute atomic E-state index is 13.3. The fraction of sp³-hybridized carbons (Fsp3) is 0.176. The maximum atomic E-state index is 13.3. The summed E-state index contributed by atoms with van der Waals surface area (Å²) >= 11 is 5.58. The molecule has 0 fully saturated rings. The Bertz CT molecular complexity index is 840. The highest BCUT2D eigenvalue weighted by atomic mass is 35.5. The molecule has 2 aromatic rings. The van der Waals surface area contributed by atoms with E-state index in [1.54, 1.807) is 0 Å². The largest absolute Gasteiger partial charge is 0.418 e. The van der Waals surface area contributed by atoms with Crippen molar-refractivity contribution < 1.29 is 27.2 Å². The molecule has 0 spiro atoms. The number of rotatable bonds is 4. The number of carbonyl (C=O) groups excluding carboxylic acids is 2. The van der Waals surface area contributed by atoms with E-state index in [1.165, 1.54) is 18.2 Å². The molecule has 4 nitrogen and oxygen atoms in total. The van der Waals surface area contributed by atoms with Gasteiger partial charge in [-0.15, -0.1) is 0 Å². The van der Waals surface area contributed by atoms with Crippen LogP contribution in [0.25, 0.3) is 0 Å². The first-order valence-corrected chi connectivity index (χ1v) is 7.66. The number of amides is 2. The van der Waals surface area contributed by atoms with E-state index < -0.39 is 41.6 Å². The van der Waals surface area contributed by atoms with E-state index >= 15 is 0 Å². The highest BCUT2D eigenvalue weighted by Crippen LogP contribution is 2.36. The van der Waals surface area contributed by atoms with Gasteiger partial charge in [-0.05, 0) is 36.4 Å². The zero-order valence-corrected chi connectivity index (χ0v) is 14.2. The van der Waals surface area contributed by atoms with Gasteiger partial charge in [0.2, 0.25) is 11.8 Å². The van der Waals surface area contributed by atoms with E-state index in [-0.39, 0.29) is 10.7 Å². The molecule has 0 aliphatic carbocycles. The fourth-order valence-corrected chi connectivity index (χ4v) is 2.39. The SMILES string of the molecule is CC(=O)N(CC(=O)Nc1ccc(Cl)cc1C(F)(F)F)c1cccc(F)c1. The first-order chi connectivity index (χ1) is 12.1. The molecule has 0 saturated heterocycles. The van der Waals surface area contributed by atoms with E-state index in [0.29, 0.717) is 6.07 Å². The van der Waals surface area contributed by atoms with Crippen molar-refractivity contribution in [2.75, 3.05) is 16.8 Å². The van der Waals surface area contributed by atoms with Crippen LogP contribution in [0.5, 0.6) is 0 Å². The van der Waals surface area contributed by atoms with Gasteiger partial charge < -0.3 is 10.2 Å². The Morgan fingerprint density at radius 3 is 2.42 bits per heavy atom. The molecule has 9 heteroatoms. The minimum absolute atomic E-state index is 0.111. The van der Waals surface area contributed by atoms with Gasteiger partial charge in [0.25, 0.3) is 0 Å². The molecule has 0 aliphatic heterocycles. The van der Waals surface area contributed by atoms with Gasteiger partial charge in [-0.2, -0.15) is 13.2 Å². The Morgan fingerprint density at radius 1 is 1.15 bits per heavy atom. The van der Waals surface area contributed by atoms with E-state index in [4.69, 9.17) is 11.6 Å². The quantitative estimate of drug-likeness (QED) is 0.784. The van der Waals surface area contributed by atoms with Gasteiger partial charge in [-0.3, -0.25) is 9.59 Å². The lowest BCUT2D eigenvalue weighted by Gasteiger charge is -2.21. The lowest BCUT2D eigenvalue weighted by Crippen LogP contribution is -2.37. The molecule has 0 saturated carbocycles. The number of hydrogen-bond donors (Lipinski definition) is 1. The van der Waals surface area contributed by atoms with Crippen LogP contribution in [0.15, 0.2) is 42.5 Å². The molecule has 2 amide bonds. The van der Waals surface area contributed by atoms with Gasteiger partial charge in [0, 0.05) is 17.6 Å². The second kappa shape index (κ2) is 7.74. The van der Waals surface area contributed by atoms with Crippen LogP contribution in [0.2, 0.25) is 5.02 Å². The summed E-state index contributed by atoms with van der Waals surface area (Å²) in [6, 6.07) is 7.85. The number of benzene rings is 2. The van der Waals surface area contributed by atoms with Crippen molar-refractivity contribution in [2.45, 2.75) is 13.1 Å². The van der Waals surface area contributed by atoms with Gasteiger partial charge in [-0.25, -0.2) is 4.39 Å². The summed E-state index contributed by atoms with van der Waals surface area (Å²) in [5, 5.41) is 1.97. The number of alkyl halides is 3. The molecular weight excluding hydrogens is 376 g/mol. The average molecular weight is 389 g/mol. The molecule has 1 N–H and O–H groups in total. The highest BCUT2D eigenvalue weighted by Gasteiger charge is 2.34. The molecule has 0 heterocycles. The molecule has 0 aliphatic rings. The van der Waals surface area contributed by atoms with Crippen molar-refractivity contribution in [2.24, 2.45) is 0 Å². The average Bonchev–Trinajstić information content (AvgIpc) is 2.53. The minimum Gasteiger partial charge on any atom is -0.324 e. The molecule has 0 unspecified atom stereocenters. The summed E-state index contributed by atoms with van der Waals surface area (Å²) in [5.74, 6) is -2.07. The number of nitrogens with zero attached hydrogens (tertiary/aromatic N) is 1. The minimum atomic E-state index is -4.73.